The number of hydrogen-bond donors (Lipinski definition) is 1. The van der Waals surface area contributed by atoms with Crippen LogP contribution in [-0.2, 0) is 14.8 Å². The van der Waals surface area contributed by atoms with Crippen LogP contribution in [0.15, 0.2) is 77.7 Å². The molecule has 0 aromatic heterocycles. The molecule has 0 saturated carbocycles. The van der Waals surface area contributed by atoms with Gasteiger partial charge in [0.2, 0.25) is 0 Å². The summed E-state index contributed by atoms with van der Waals surface area (Å²) in [6, 6.07) is 18.0. The molecule has 1 atom stereocenters. The van der Waals surface area contributed by atoms with Crippen molar-refractivity contribution in [3.8, 4) is 11.5 Å². The normalized spacial score (nSPS) is 15.3. The maximum absolute atomic E-state index is 13.3. The molecular formula is C23H20ClFN2O5S. The monoisotopic (exact) mass is 490 g/mol. The van der Waals surface area contributed by atoms with Gasteiger partial charge in [0.1, 0.15) is 23.9 Å². The zero-order valence-electron chi connectivity index (χ0n) is 17.3. The van der Waals surface area contributed by atoms with Crippen LogP contribution in [0.3, 0.4) is 0 Å². The second-order valence-electron chi connectivity index (χ2n) is 7.16. The van der Waals surface area contributed by atoms with E-state index in [0.717, 1.165) is 4.31 Å². The van der Waals surface area contributed by atoms with E-state index in [9.17, 15) is 17.6 Å². The lowest BCUT2D eigenvalue weighted by Crippen LogP contribution is -2.51. The fourth-order valence-corrected chi connectivity index (χ4v) is 4.95. The van der Waals surface area contributed by atoms with E-state index in [-0.39, 0.29) is 41.8 Å². The Kier molecular flexibility index (Phi) is 6.71. The summed E-state index contributed by atoms with van der Waals surface area (Å²) < 4.78 is 52.0. The van der Waals surface area contributed by atoms with Crippen LogP contribution in [-0.4, -0.2) is 40.1 Å². The maximum Gasteiger partial charge on any atom is 0.264 e. The fourth-order valence-electron chi connectivity index (χ4n) is 3.30. The molecule has 0 spiro atoms. The highest BCUT2D eigenvalue weighted by atomic mass is 35.5. The summed E-state index contributed by atoms with van der Waals surface area (Å²) in [6.45, 7) is 0.0620. The second kappa shape index (κ2) is 9.68. The number of anilines is 1. The predicted molar refractivity (Wildman–Crippen MR) is 122 cm³/mol. The number of nitrogens with zero attached hydrogens (tertiary/aromatic N) is 1. The fraction of sp³-hybridized carbons (Fsp3) is 0.174. The van der Waals surface area contributed by atoms with Gasteiger partial charge in [0, 0.05) is 5.02 Å². The van der Waals surface area contributed by atoms with Crippen LogP contribution in [0.25, 0.3) is 0 Å². The van der Waals surface area contributed by atoms with Gasteiger partial charge in [0.05, 0.1) is 23.7 Å². The quantitative estimate of drug-likeness (QED) is 0.511. The van der Waals surface area contributed by atoms with Crippen LogP contribution < -0.4 is 19.1 Å². The van der Waals surface area contributed by atoms with Gasteiger partial charge in [-0.15, -0.1) is 0 Å². The molecule has 1 heterocycles. The van der Waals surface area contributed by atoms with Gasteiger partial charge in [-0.1, -0.05) is 29.8 Å². The number of benzene rings is 3. The molecule has 1 amide bonds. The lowest BCUT2D eigenvalue weighted by molar-refractivity contribution is -0.127. The van der Waals surface area contributed by atoms with E-state index in [1.54, 1.807) is 24.3 Å². The highest BCUT2D eigenvalue weighted by molar-refractivity contribution is 7.92. The first-order chi connectivity index (χ1) is 15.8. The number of amides is 1. The molecule has 0 bridgehead atoms. The third-order valence-corrected chi connectivity index (χ3v) is 6.93. The number of halogens is 2. The Morgan fingerprint density at radius 2 is 1.85 bits per heavy atom. The Morgan fingerprint density at radius 3 is 2.58 bits per heavy atom. The van der Waals surface area contributed by atoms with Crippen molar-refractivity contribution in [1.29, 1.82) is 0 Å². The molecule has 4 rings (SSSR count). The number of sulfonamides is 1. The van der Waals surface area contributed by atoms with Crippen molar-refractivity contribution >= 4 is 33.2 Å². The van der Waals surface area contributed by atoms with Gasteiger partial charge in [-0.3, -0.25) is 9.10 Å². The van der Waals surface area contributed by atoms with Crippen molar-refractivity contribution in [2.24, 2.45) is 0 Å². The number of hydrogen-bond acceptors (Lipinski definition) is 5. The van der Waals surface area contributed by atoms with Gasteiger partial charge in [0.25, 0.3) is 15.9 Å². The predicted octanol–water partition coefficient (Wildman–Crippen LogP) is 3.63. The van der Waals surface area contributed by atoms with Gasteiger partial charge in [0.15, 0.2) is 6.10 Å². The van der Waals surface area contributed by atoms with Crippen LogP contribution >= 0.6 is 11.6 Å². The summed E-state index contributed by atoms with van der Waals surface area (Å²) in [7, 11) is -3.96. The van der Waals surface area contributed by atoms with E-state index in [0.29, 0.717) is 10.8 Å². The Hall–Kier alpha value is -3.30. The molecule has 33 heavy (non-hydrogen) atoms. The number of carbonyl (C=O) groups is 1. The number of carbonyl (C=O) groups excluding carboxylic acids is 1. The van der Waals surface area contributed by atoms with Gasteiger partial charge in [-0.25, -0.2) is 12.8 Å². The van der Waals surface area contributed by atoms with Gasteiger partial charge >= 0.3 is 0 Å². The molecule has 7 nitrogen and oxygen atoms in total. The summed E-state index contributed by atoms with van der Waals surface area (Å²) >= 11 is 6.09. The summed E-state index contributed by atoms with van der Waals surface area (Å²) in [4.78, 5) is 12.8. The van der Waals surface area contributed by atoms with Gasteiger partial charge in [-0.2, -0.15) is 0 Å². The Morgan fingerprint density at radius 1 is 1.12 bits per heavy atom. The largest absolute Gasteiger partial charge is 0.492 e. The lowest BCUT2D eigenvalue weighted by Gasteiger charge is -2.34. The lowest BCUT2D eigenvalue weighted by atomic mass is 10.2. The van der Waals surface area contributed by atoms with Crippen molar-refractivity contribution < 1.29 is 27.1 Å². The zero-order valence-corrected chi connectivity index (χ0v) is 18.9. The first kappa shape index (κ1) is 22.9. The minimum Gasteiger partial charge on any atom is -0.492 e. The standard InChI is InChI=1S/C23H20ClFN2O5S/c24-16-6-11-21-20(14-16)27(33(29,30)19-4-2-1-3-5-19)15-22(32-21)23(28)26-12-13-31-18-9-7-17(25)8-10-18/h1-11,14,22H,12-13,15H2,(H,26,28)/t22-/m1/s1. The topological polar surface area (TPSA) is 84.9 Å². The van der Waals surface area contributed by atoms with E-state index in [2.05, 4.69) is 5.32 Å². The third kappa shape index (κ3) is 5.20. The average Bonchev–Trinajstić information content (AvgIpc) is 2.82. The maximum atomic E-state index is 13.3. The van der Waals surface area contributed by atoms with E-state index in [1.807, 2.05) is 0 Å². The minimum absolute atomic E-state index is 0.0877. The molecule has 0 fully saturated rings. The Bertz CT molecular complexity index is 1240. The van der Waals surface area contributed by atoms with E-state index < -0.39 is 22.0 Å². The van der Waals surface area contributed by atoms with Crippen molar-refractivity contribution in [2.45, 2.75) is 11.0 Å². The molecule has 3 aromatic carbocycles. The van der Waals surface area contributed by atoms with Crippen LogP contribution in [0.5, 0.6) is 11.5 Å². The van der Waals surface area contributed by atoms with E-state index in [4.69, 9.17) is 21.1 Å². The van der Waals surface area contributed by atoms with E-state index >= 15 is 0 Å². The average molecular weight is 491 g/mol. The first-order valence-electron chi connectivity index (χ1n) is 10.0. The van der Waals surface area contributed by atoms with Gasteiger partial charge in [-0.05, 0) is 54.6 Å². The molecule has 10 heteroatoms. The highest BCUT2D eigenvalue weighted by Crippen LogP contribution is 2.38. The number of fused-ring (bicyclic) bond motifs is 1. The molecule has 1 aliphatic rings. The SMILES string of the molecule is O=C(NCCOc1ccc(F)cc1)[C@H]1CN(S(=O)(=O)c2ccccc2)c2cc(Cl)ccc2O1. The van der Waals surface area contributed by atoms with Gasteiger partial charge < -0.3 is 14.8 Å². The zero-order chi connectivity index (χ0) is 23.4. The molecule has 1 N–H and O–H groups in total. The Labute approximate surface area is 195 Å². The summed E-state index contributed by atoms with van der Waals surface area (Å²) in [6.07, 6.45) is -1.08. The van der Waals surface area contributed by atoms with Crippen molar-refractivity contribution in [1.82, 2.24) is 5.32 Å². The molecule has 3 aromatic rings. The smallest absolute Gasteiger partial charge is 0.264 e. The van der Waals surface area contributed by atoms with Crippen molar-refractivity contribution in [3.05, 3.63) is 83.6 Å². The molecule has 0 aliphatic carbocycles. The second-order valence-corrected chi connectivity index (χ2v) is 9.46. The van der Waals surface area contributed by atoms with Crippen LogP contribution in [0.4, 0.5) is 10.1 Å². The van der Waals surface area contributed by atoms with E-state index in [1.165, 1.54) is 48.5 Å². The molecule has 0 radical (unpaired) electrons. The molecule has 0 saturated heterocycles. The number of ether oxygens (including phenoxy) is 2. The third-order valence-electron chi connectivity index (χ3n) is 4.90. The highest BCUT2D eigenvalue weighted by Gasteiger charge is 2.37. The van der Waals surface area contributed by atoms with Crippen LogP contribution in [0, 0.1) is 5.82 Å². The van der Waals surface area contributed by atoms with Crippen LogP contribution in [0.1, 0.15) is 0 Å². The van der Waals surface area contributed by atoms with Crippen LogP contribution in [0.2, 0.25) is 5.02 Å². The first-order valence-corrected chi connectivity index (χ1v) is 11.9. The minimum atomic E-state index is -3.96. The number of nitrogens with one attached hydrogen (secondary N) is 1. The molecular weight excluding hydrogens is 471 g/mol. The summed E-state index contributed by atoms with van der Waals surface area (Å²) in [5.74, 6) is -0.174. The van der Waals surface area contributed by atoms with Crippen molar-refractivity contribution in [2.75, 3.05) is 24.0 Å². The van der Waals surface area contributed by atoms with Crippen molar-refractivity contribution in [3.63, 3.8) is 0 Å². The summed E-state index contributed by atoms with van der Waals surface area (Å²) in [5, 5.41) is 3.02. The summed E-state index contributed by atoms with van der Waals surface area (Å²) in [5.41, 5.74) is 0.259. The number of rotatable bonds is 7. The molecule has 0 unspecified atom stereocenters. The molecule has 1 aliphatic heterocycles. The Balaban J connectivity index is 1.47. The molecule has 172 valence electrons.